The first-order valence-electron chi connectivity index (χ1n) is 4.62. The lowest BCUT2D eigenvalue weighted by Gasteiger charge is -2.08. The van der Waals surface area contributed by atoms with Gasteiger partial charge in [-0.1, -0.05) is 13.0 Å². The van der Waals surface area contributed by atoms with E-state index in [9.17, 15) is 4.79 Å². The van der Waals surface area contributed by atoms with E-state index in [-0.39, 0.29) is 11.9 Å². The van der Waals surface area contributed by atoms with Gasteiger partial charge in [0.1, 0.15) is 5.82 Å². The van der Waals surface area contributed by atoms with Gasteiger partial charge in [0, 0.05) is 19.2 Å². The minimum atomic E-state index is -0.120. The summed E-state index contributed by atoms with van der Waals surface area (Å²) in [4.78, 5) is 14.8. The molecule has 0 saturated carbocycles. The first-order valence-corrected chi connectivity index (χ1v) is 4.62. The molecule has 76 valence electrons. The van der Waals surface area contributed by atoms with Crippen LogP contribution in [0, 0.1) is 0 Å². The Labute approximate surface area is 83.5 Å². The third-order valence-corrected chi connectivity index (χ3v) is 1.96. The van der Waals surface area contributed by atoms with Gasteiger partial charge in [0.25, 0.3) is 0 Å². The van der Waals surface area contributed by atoms with Crippen LogP contribution < -0.4 is 11.1 Å². The molecular weight excluding hydrogens is 178 g/mol. The van der Waals surface area contributed by atoms with Crippen LogP contribution in [0.15, 0.2) is 18.3 Å². The lowest BCUT2D eigenvalue weighted by molar-refractivity contribution is -0.114. The molecule has 1 heterocycles. The second-order valence-corrected chi connectivity index (χ2v) is 3.17. The van der Waals surface area contributed by atoms with Gasteiger partial charge in [0.2, 0.25) is 5.91 Å². The van der Waals surface area contributed by atoms with E-state index >= 15 is 0 Å². The molecule has 0 aromatic carbocycles. The summed E-state index contributed by atoms with van der Waals surface area (Å²) in [6.45, 7) is 3.47. The summed E-state index contributed by atoms with van der Waals surface area (Å²) in [6.07, 6.45) is 2.57. The third-order valence-electron chi connectivity index (χ3n) is 1.96. The number of carbonyl (C=O) groups excluding carboxylic acids is 1. The number of amides is 1. The van der Waals surface area contributed by atoms with Gasteiger partial charge in [0.15, 0.2) is 0 Å². The highest BCUT2D eigenvalue weighted by Gasteiger charge is 2.03. The Hall–Kier alpha value is -1.42. The van der Waals surface area contributed by atoms with Gasteiger partial charge in [-0.05, 0) is 18.1 Å². The van der Waals surface area contributed by atoms with Crippen molar-refractivity contribution in [1.82, 2.24) is 4.98 Å². The highest BCUT2D eigenvalue weighted by atomic mass is 16.1. The van der Waals surface area contributed by atoms with Crippen molar-refractivity contribution in [3.05, 3.63) is 23.9 Å². The van der Waals surface area contributed by atoms with Crippen LogP contribution in [0.4, 0.5) is 5.82 Å². The smallest absolute Gasteiger partial charge is 0.222 e. The topological polar surface area (TPSA) is 68.0 Å². The average Bonchev–Trinajstić information content (AvgIpc) is 2.17. The van der Waals surface area contributed by atoms with Gasteiger partial charge in [-0.2, -0.15) is 0 Å². The zero-order valence-corrected chi connectivity index (χ0v) is 8.45. The molecular formula is C10H15N3O. The lowest BCUT2D eigenvalue weighted by atomic mass is 10.1. The Bertz CT molecular complexity index is 308. The van der Waals surface area contributed by atoms with Crippen LogP contribution in [-0.2, 0) is 4.79 Å². The van der Waals surface area contributed by atoms with Gasteiger partial charge in [0.05, 0.1) is 0 Å². The van der Waals surface area contributed by atoms with Crippen LogP contribution in [0.1, 0.15) is 31.9 Å². The summed E-state index contributed by atoms with van der Waals surface area (Å²) in [5.41, 5.74) is 6.81. The fraction of sp³-hybridized carbons (Fsp3) is 0.400. The maximum atomic E-state index is 10.7. The minimum absolute atomic E-state index is 0.0221. The number of nitrogens with one attached hydrogen (secondary N) is 1. The van der Waals surface area contributed by atoms with Gasteiger partial charge in [-0.25, -0.2) is 4.98 Å². The van der Waals surface area contributed by atoms with Crippen molar-refractivity contribution in [1.29, 1.82) is 0 Å². The Morgan fingerprint density at radius 1 is 1.64 bits per heavy atom. The van der Waals surface area contributed by atoms with E-state index in [1.54, 1.807) is 12.3 Å². The first-order chi connectivity index (χ1) is 6.63. The van der Waals surface area contributed by atoms with Crippen molar-refractivity contribution in [3.63, 3.8) is 0 Å². The number of carbonyl (C=O) groups is 1. The zero-order valence-electron chi connectivity index (χ0n) is 8.45. The van der Waals surface area contributed by atoms with E-state index in [1.807, 2.05) is 13.0 Å². The van der Waals surface area contributed by atoms with Crippen LogP contribution in [0.5, 0.6) is 0 Å². The van der Waals surface area contributed by atoms with E-state index in [0.717, 1.165) is 12.0 Å². The number of nitrogens with zero attached hydrogens (tertiary/aromatic N) is 1. The molecule has 0 bridgehead atoms. The first kappa shape index (κ1) is 10.7. The number of nitrogens with two attached hydrogens (primary N) is 1. The molecule has 1 atom stereocenters. The average molecular weight is 193 g/mol. The van der Waals surface area contributed by atoms with Gasteiger partial charge < -0.3 is 11.1 Å². The highest BCUT2D eigenvalue weighted by molar-refractivity contribution is 5.87. The Balaban J connectivity index is 2.73. The van der Waals surface area contributed by atoms with Crippen LogP contribution in [0.25, 0.3) is 0 Å². The fourth-order valence-corrected chi connectivity index (χ4v) is 1.11. The molecule has 0 spiro atoms. The molecule has 3 N–H and O–H groups in total. The normalized spacial score (nSPS) is 12.2. The Morgan fingerprint density at radius 2 is 2.36 bits per heavy atom. The summed E-state index contributed by atoms with van der Waals surface area (Å²) < 4.78 is 0. The number of anilines is 1. The molecule has 0 saturated heterocycles. The highest BCUT2D eigenvalue weighted by Crippen LogP contribution is 2.13. The molecule has 0 aliphatic rings. The maximum Gasteiger partial charge on any atom is 0.222 e. The molecule has 0 aliphatic carbocycles. The van der Waals surface area contributed by atoms with Gasteiger partial charge in [-0.15, -0.1) is 0 Å². The van der Waals surface area contributed by atoms with E-state index in [1.165, 1.54) is 6.92 Å². The van der Waals surface area contributed by atoms with Crippen LogP contribution in [0.2, 0.25) is 0 Å². The number of rotatable bonds is 3. The van der Waals surface area contributed by atoms with Gasteiger partial charge in [-0.3, -0.25) is 4.79 Å². The fourth-order valence-electron chi connectivity index (χ4n) is 1.11. The van der Waals surface area contributed by atoms with Crippen LogP contribution in [0.3, 0.4) is 0 Å². The number of aromatic nitrogens is 1. The number of hydrogen-bond acceptors (Lipinski definition) is 3. The molecule has 14 heavy (non-hydrogen) atoms. The monoisotopic (exact) mass is 193 g/mol. The SMILES string of the molecule is CCC(N)c1ccc(NC(C)=O)nc1. The standard InChI is InChI=1S/C10H15N3O/c1-3-9(11)8-4-5-10(12-6-8)13-7(2)14/h4-6,9H,3,11H2,1-2H3,(H,12,13,14). The lowest BCUT2D eigenvalue weighted by Crippen LogP contribution is -2.11. The van der Waals surface area contributed by atoms with E-state index < -0.39 is 0 Å². The molecule has 4 heteroatoms. The van der Waals surface area contributed by atoms with Crippen molar-refractivity contribution in [2.24, 2.45) is 5.73 Å². The zero-order chi connectivity index (χ0) is 10.6. The van der Waals surface area contributed by atoms with Gasteiger partial charge >= 0.3 is 0 Å². The van der Waals surface area contributed by atoms with Crippen molar-refractivity contribution < 1.29 is 4.79 Å². The summed E-state index contributed by atoms with van der Waals surface area (Å²) >= 11 is 0. The predicted molar refractivity (Wildman–Crippen MR) is 55.8 cm³/mol. The largest absolute Gasteiger partial charge is 0.324 e. The molecule has 0 fully saturated rings. The van der Waals surface area contributed by atoms with Crippen LogP contribution >= 0.6 is 0 Å². The minimum Gasteiger partial charge on any atom is -0.324 e. The summed E-state index contributed by atoms with van der Waals surface area (Å²) in [5.74, 6) is 0.439. The van der Waals surface area contributed by atoms with E-state index in [4.69, 9.17) is 5.73 Å². The quantitative estimate of drug-likeness (QED) is 0.763. The van der Waals surface area contributed by atoms with Crippen molar-refractivity contribution in [2.75, 3.05) is 5.32 Å². The maximum absolute atomic E-state index is 10.7. The molecule has 1 unspecified atom stereocenters. The molecule has 0 aliphatic heterocycles. The molecule has 1 amide bonds. The van der Waals surface area contributed by atoms with Crippen molar-refractivity contribution >= 4 is 11.7 Å². The molecule has 0 radical (unpaired) electrons. The third kappa shape index (κ3) is 2.81. The summed E-state index contributed by atoms with van der Waals surface area (Å²) in [7, 11) is 0. The second kappa shape index (κ2) is 4.72. The predicted octanol–water partition coefficient (Wildman–Crippen LogP) is 1.45. The second-order valence-electron chi connectivity index (χ2n) is 3.17. The number of hydrogen-bond donors (Lipinski definition) is 2. The molecule has 1 aromatic heterocycles. The number of pyridine rings is 1. The molecule has 4 nitrogen and oxygen atoms in total. The van der Waals surface area contributed by atoms with Crippen LogP contribution in [-0.4, -0.2) is 10.9 Å². The van der Waals surface area contributed by atoms with Crippen molar-refractivity contribution in [3.8, 4) is 0 Å². The molecule has 1 aromatic rings. The summed E-state index contributed by atoms with van der Waals surface area (Å²) in [5, 5.41) is 2.60. The Morgan fingerprint density at radius 3 is 2.79 bits per heavy atom. The summed E-state index contributed by atoms with van der Waals surface area (Å²) in [6, 6.07) is 3.66. The Kier molecular flexibility index (Phi) is 3.59. The molecule has 1 rings (SSSR count). The van der Waals surface area contributed by atoms with E-state index in [0.29, 0.717) is 5.82 Å². The van der Waals surface area contributed by atoms with Crippen molar-refractivity contribution in [2.45, 2.75) is 26.3 Å². The van der Waals surface area contributed by atoms with E-state index in [2.05, 4.69) is 10.3 Å².